The molecule has 2 aliphatic rings. The molecule has 3 heterocycles. The number of allylic oxidation sites excluding steroid dienone is 1. The molecule has 0 saturated carbocycles. The number of benzene rings is 1. The number of nitrogens with one attached hydrogen (secondary N) is 2. The monoisotopic (exact) mass is 401 g/mol. The van der Waals surface area contributed by atoms with Crippen LogP contribution in [0.3, 0.4) is 0 Å². The first-order valence-corrected chi connectivity index (χ1v) is 10.4. The summed E-state index contributed by atoms with van der Waals surface area (Å²) in [6.07, 6.45) is 7.39. The lowest BCUT2D eigenvalue weighted by Crippen LogP contribution is -2.42. The van der Waals surface area contributed by atoms with Gasteiger partial charge in [0, 0.05) is 11.6 Å². The Bertz CT molecular complexity index is 1110. The highest BCUT2D eigenvalue weighted by Gasteiger charge is 2.46. The van der Waals surface area contributed by atoms with Gasteiger partial charge < -0.3 is 15.1 Å². The van der Waals surface area contributed by atoms with E-state index >= 15 is 0 Å². The highest BCUT2D eigenvalue weighted by molar-refractivity contribution is 5.92. The van der Waals surface area contributed by atoms with E-state index in [1.807, 2.05) is 19.1 Å². The van der Waals surface area contributed by atoms with Gasteiger partial charge in [-0.25, -0.2) is 0 Å². The number of carbonyl (C=O) groups is 1. The maximum atomic E-state index is 12.1. The molecule has 0 spiro atoms. The van der Waals surface area contributed by atoms with E-state index in [4.69, 9.17) is 4.42 Å². The van der Waals surface area contributed by atoms with Crippen LogP contribution in [0.4, 0.5) is 0 Å². The van der Waals surface area contributed by atoms with Crippen molar-refractivity contribution in [1.29, 1.82) is 0 Å². The van der Waals surface area contributed by atoms with E-state index in [0.29, 0.717) is 23.6 Å². The molecule has 0 unspecified atom stereocenters. The number of hydrogen-bond donors (Lipinski definition) is 2. The molecule has 1 atom stereocenters. The van der Waals surface area contributed by atoms with Crippen molar-refractivity contribution in [2.24, 2.45) is 0 Å². The summed E-state index contributed by atoms with van der Waals surface area (Å²) in [5.41, 5.74) is 5.45. The number of amides is 1. The van der Waals surface area contributed by atoms with Gasteiger partial charge in [0.1, 0.15) is 5.76 Å². The molecule has 1 amide bonds. The molecule has 2 aromatic heterocycles. The SMILES string of the molecule is C=C1CCc2ccc(CC)cc21.C=C1NC(=O)[C@](CC)(c2cc3ccncc3o2)N1. The molecule has 1 aromatic carbocycles. The molecule has 30 heavy (non-hydrogen) atoms. The summed E-state index contributed by atoms with van der Waals surface area (Å²) in [6.45, 7) is 11.9. The Kier molecular flexibility index (Phi) is 5.20. The highest BCUT2D eigenvalue weighted by Crippen LogP contribution is 2.34. The quantitative estimate of drug-likeness (QED) is 0.659. The maximum Gasteiger partial charge on any atom is 0.259 e. The second kappa shape index (κ2) is 7.82. The fraction of sp³-hybridized carbons (Fsp3) is 0.280. The van der Waals surface area contributed by atoms with Gasteiger partial charge in [-0.1, -0.05) is 45.2 Å². The van der Waals surface area contributed by atoms with Crippen LogP contribution in [0, 0.1) is 0 Å². The Labute approximate surface area is 176 Å². The number of carbonyl (C=O) groups excluding carboxylic acids is 1. The molecule has 1 aliphatic heterocycles. The third kappa shape index (κ3) is 3.41. The molecule has 1 fully saturated rings. The van der Waals surface area contributed by atoms with Crippen LogP contribution < -0.4 is 10.6 Å². The van der Waals surface area contributed by atoms with Crippen LogP contribution in [-0.4, -0.2) is 10.9 Å². The van der Waals surface area contributed by atoms with Crippen LogP contribution in [-0.2, 0) is 23.2 Å². The van der Waals surface area contributed by atoms with Crippen LogP contribution in [0.5, 0.6) is 0 Å². The van der Waals surface area contributed by atoms with Gasteiger partial charge in [0.05, 0.1) is 12.0 Å². The first-order valence-electron chi connectivity index (χ1n) is 10.4. The summed E-state index contributed by atoms with van der Waals surface area (Å²) in [4.78, 5) is 16.1. The number of furan rings is 1. The molecule has 5 rings (SSSR count). The number of hydrogen-bond acceptors (Lipinski definition) is 4. The lowest BCUT2D eigenvalue weighted by atomic mass is 9.93. The van der Waals surface area contributed by atoms with Crippen molar-refractivity contribution in [3.63, 3.8) is 0 Å². The Morgan fingerprint density at radius 1 is 1.17 bits per heavy atom. The molecule has 1 saturated heterocycles. The molecule has 1 aliphatic carbocycles. The second-order valence-electron chi connectivity index (χ2n) is 7.79. The predicted octanol–water partition coefficient (Wildman–Crippen LogP) is 4.83. The van der Waals surface area contributed by atoms with E-state index in [1.54, 1.807) is 12.4 Å². The minimum Gasteiger partial charge on any atom is -0.456 e. The maximum absolute atomic E-state index is 12.1. The molecule has 5 nitrogen and oxygen atoms in total. The van der Waals surface area contributed by atoms with Crippen molar-refractivity contribution >= 4 is 22.4 Å². The first-order chi connectivity index (χ1) is 14.5. The zero-order valence-corrected chi connectivity index (χ0v) is 17.5. The van der Waals surface area contributed by atoms with E-state index in [-0.39, 0.29) is 5.91 Å². The average molecular weight is 402 g/mol. The Hall–Kier alpha value is -3.34. The smallest absolute Gasteiger partial charge is 0.259 e. The van der Waals surface area contributed by atoms with Gasteiger partial charge in [-0.3, -0.25) is 9.78 Å². The number of nitrogens with zero attached hydrogens (tertiary/aromatic N) is 1. The van der Waals surface area contributed by atoms with Crippen molar-refractivity contribution in [3.05, 3.63) is 84.2 Å². The third-order valence-corrected chi connectivity index (χ3v) is 5.95. The lowest BCUT2D eigenvalue weighted by Gasteiger charge is -2.22. The number of fused-ring (bicyclic) bond motifs is 2. The largest absolute Gasteiger partial charge is 0.456 e. The van der Waals surface area contributed by atoms with Crippen molar-refractivity contribution in [3.8, 4) is 0 Å². The molecule has 0 radical (unpaired) electrons. The van der Waals surface area contributed by atoms with E-state index < -0.39 is 5.54 Å². The minimum atomic E-state index is -0.865. The summed E-state index contributed by atoms with van der Waals surface area (Å²) in [5, 5.41) is 6.69. The summed E-state index contributed by atoms with van der Waals surface area (Å²) < 4.78 is 5.74. The van der Waals surface area contributed by atoms with Crippen LogP contribution in [0.2, 0.25) is 0 Å². The van der Waals surface area contributed by atoms with Crippen LogP contribution in [0.25, 0.3) is 16.5 Å². The fourth-order valence-electron chi connectivity index (χ4n) is 4.09. The van der Waals surface area contributed by atoms with Crippen molar-refractivity contribution in [2.45, 2.75) is 45.1 Å². The lowest BCUT2D eigenvalue weighted by molar-refractivity contribution is -0.125. The summed E-state index contributed by atoms with van der Waals surface area (Å²) >= 11 is 0. The third-order valence-electron chi connectivity index (χ3n) is 5.95. The van der Waals surface area contributed by atoms with Gasteiger partial charge in [0.2, 0.25) is 0 Å². The van der Waals surface area contributed by atoms with Gasteiger partial charge in [-0.2, -0.15) is 0 Å². The number of pyridine rings is 1. The Morgan fingerprint density at radius 3 is 2.67 bits per heavy atom. The number of rotatable bonds is 3. The van der Waals surface area contributed by atoms with E-state index in [9.17, 15) is 4.79 Å². The second-order valence-corrected chi connectivity index (χ2v) is 7.79. The van der Waals surface area contributed by atoms with Crippen molar-refractivity contribution in [1.82, 2.24) is 15.6 Å². The Morgan fingerprint density at radius 2 is 2.00 bits per heavy atom. The van der Waals surface area contributed by atoms with Gasteiger partial charge in [-0.05, 0) is 60.1 Å². The molecule has 3 aromatic rings. The molecule has 154 valence electrons. The number of aryl methyl sites for hydroxylation is 2. The van der Waals surface area contributed by atoms with Crippen molar-refractivity contribution < 1.29 is 9.21 Å². The normalized spacial score (nSPS) is 19.9. The molecule has 2 N–H and O–H groups in total. The predicted molar refractivity (Wildman–Crippen MR) is 120 cm³/mol. The van der Waals surface area contributed by atoms with E-state index in [1.165, 1.54) is 28.7 Å². The highest BCUT2D eigenvalue weighted by atomic mass is 16.3. The summed E-state index contributed by atoms with van der Waals surface area (Å²) in [6, 6.07) is 10.5. The van der Waals surface area contributed by atoms with Crippen LogP contribution in [0.15, 0.2) is 66.1 Å². The van der Waals surface area contributed by atoms with Gasteiger partial charge in [0.15, 0.2) is 11.1 Å². The topological polar surface area (TPSA) is 67.2 Å². The fourth-order valence-corrected chi connectivity index (χ4v) is 4.09. The molecule has 5 heteroatoms. The zero-order chi connectivity index (χ0) is 21.3. The van der Waals surface area contributed by atoms with Gasteiger partial charge in [0.25, 0.3) is 5.91 Å². The summed E-state index contributed by atoms with van der Waals surface area (Å²) in [5.74, 6) is 0.951. The van der Waals surface area contributed by atoms with E-state index in [2.05, 4.69) is 53.9 Å². The minimum absolute atomic E-state index is 0.137. The standard InChI is InChI=1S/C13H13N3O2.C12H14/c1-3-13(12(17)15-8(2)16-13)11-6-9-4-5-14-7-10(9)18-11;1-3-10-5-7-11-6-4-9(2)12(11)8-10/h4-7,16H,2-3H2,1H3,(H,15,17);5,7-8H,2-4,6H2,1H3/t13-;/m0./s1. The Balaban J connectivity index is 0.000000158. The molecule has 0 bridgehead atoms. The number of aromatic nitrogens is 1. The zero-order valence-electron chi connectivity index (χ0n) is 17.5. The average Bonchev–Trinajstić information content (AvgIpc) is 3.43. The van der Waals surface area contributed by atoms with Gasteiger partial charge in [-0.15, -0.1) is 0 Å². The first kappa shape index (κ1) is 20.0. The van der Waals surface area contributed by atoms with Gasteiger partial charge >= 0.3 is 0 Å². The molecular formula is C25H27N3O2. The van der Waals surface area contributed by atoms with Crippen LogP contribution >= 0.6 is 0 Å². The van der Waals surface area contributed by atoms with Crippen molar-refractivity contribution in [2.75, 3.05) is 0 Å². The molecular weight excluding hydrogens is 374 g/mol. The van der Waals surface area contributed by atoms with E-state index in [0.717, 1.165) is 18.2 Å². The van der Waals surface area contributed by atoms with Crippen LogP contribution in [0.1, 0.15) is 49.1 Å². The summed E-state index contributed by atoms with van der Waals surface area (Å²) in [7, 11) is 0.